The Morgan fingerprint density at radius 1 is 1.04 bits per heavy atom. The maximum Gasteiger partial charge on any atom is 0.330 e. The summed E-state index contributed by atoms with van der Waals surface area (Å²) in [6, 6.07) is 13.0. The first kappa shape index (κ1) is 17.3. The summed E-state index contributed by atoms with van der Waals surface area (Å²) in [6.45, 7) is 5.28. The monoisotopic (exact) mass is 358 g/mol. The molecule has 1 aromatic carbocycles. The van der Waals surface area contributed by atoms with Crippen LogP contribution in [0.15, 0.2) is 48.8 Å². The zero-order valence-electron chi connectivity index (χ0n) is 15.3. The Kier molecular flexibility index (Phi) is 4.39. The van der Waals surface area contributed by atoms with Crippen LogP contribution < -0.4 is 15.3 Å². The van der Waals surface area contributed by atoms with Crippen molar-refractivity contribution in [3.63, 3.8) is 0 Å². The van der Waals surface area contributed by atoms with Crippen LogP contribution in [0.2, 0.25) is 0 Å². The number of anilines is 2. The van der Waals surface area contributed by atoms with Gasteiger partial charge < -0.3 is 4.57 Å². The number of hydrogen-bond acceptors (Lipinski definition) is 4. The van der Waals surface area contributed by atoms with E-state index in [0.29, 0.717) is 35.9 Å². The molecule has 4 rings (SSSR count). The smallest absolute Gasteiger partial charge is 0.310 e. The Hall–Kier alpha value is -3.16. The van der Waals surface area contributed by atoms with Crippen molar-refractivity contribution < 1.29 is 4.79 Å². The molecule has 2 aromatic heterocycles. The second-order valence-electron chi connectivity index (χ2n) is 6.71. The van der Waals surface area contributed by atoms with Crippen molar-refractivity contribution >= 4 is 30.8 Å². The number of carbonyl (C=O) groups excluding carboxylic acids is 1. The standard InChI is InChI=1S/C19H19BN6O/c1-13(2)26-12-21-23-18(26)16-4-3-5-17(22-16)25-11-10-24(19(25)27)15-8-6-14(20)7-9-15/h3-9,12-13H,10-11H2,1-2H3. The highest BCUT2D eigenvalue weighted by Gasteiger charge is 2.31. The van der Waals surface area contributed by atoms with E-state index in [9.17, 15) is 4.79 Å². The Balaban J connectivity index is 1.62. The number of nitrogens with zero attached hydrogens (tertiary/aromatic N) is 6. The van der Waals surface area contributed by atoms with E-state index in [1.54, 1.807) is 28.3 Å². The molecule has 0 unspecified atom stereocenters. The molecule has 2 radical (unpaired) electrons. The topological polar surface area (TPSA) is 67.2 Å². The molecule has 0 aliphatic carbocycles. The van der Waals surface area contributed by atoms with Crippen LogP contribution in [-0.4, -0.2) is 46.7 Å². The van der Waals surface area contributed by atoms with Crippen LogP contribution in [0.3, 0.4) is 0 Å². The molecule has 2 amide bonds. The lowest BCUT2D eigenvalue weighted by Gasteiger charge is -2.19. The van der Waals surface area contributed by atoms with E-state index in [-0.39, 0.29) is 12.1 Å². The number of aromatic nitrogens is 4. The molecule has 3 heterocycles. The lowest BCUT2D eigenvalue weighted by atomic mass is 9.96. The number of rotatable bonds is 4. The molecule has 134 valence electrons. The van der Waals surface area contributed by atoms with Crippen LogP contribution >= 0.6 is 0 Å². The fraction of sp³-hybridized carbons (Fsp3) is 0.263. The molecule has 3 aromatic rings. The molecule has 0 saturated carbocycles. The normalized spacial score (nSPS) is 14.4. The first-order chi connectivity index (χ1) is 13.0. The van der Waals surface area contributed by atoms with Gasteiger partial charge in [0.15, 0.2) is 5.82 Å². The number of amides is 2. The third kappa shape index (κ3) is 3.18. The molecule has 1 saturated heterocycles. The van der Waals surface area contributed by atoms with E-state index in [4.69, 9.17) is 7.85 Å². The van der Waals surface area contributed by atoms with Crippen LogP contribution in [0.4, 0.5) is 16.3 Å². The van der Waals surface area contributed by atoms with E-state index in [2.05, 4.69) is 29.0 Å². The van der Waals surface area contributed by atoms with Crippen molar-refractivity contribution in [1.82, 2.24) is 19.7 Å². The van der Waals surface area contributed by atoms with Gasteiger partial charge in [0.2, 0.25) is 0 Å². The second kappa shape index (κ2) is 6.87. The van der Waals surface area contributed by atoms with Crippen molar-refractivity contribution in [3.8, 4) is 11.5 Å². The highest BCUT2D eigenvalue weighted by Crippen LogP contribution is 2.26. The quantitative estimate of drug-likeness (QED) is 0.671. The molecule has 0 spiro atoms. The van der Waals surface area contributed by atoms with Crippen molar-refractivity contribution in [1.29, 1.82) is 0 Å². The van der Waals surface area contributed by atoms with Gasteiger partial charge in [-0.2, -0.15) is 0 Å². The Morgan fingerprint density at radius 2 is 1.78 bits per heavy atom. The largest absolute Gasteiger partial charge is 0.330 e. The highest BCUT2D eigenvalue weighted by atomic mass is 16.2. The minimum absolute atomic E-state index is 0.102. The fourth-order valence-electron chi connectivity index (χ4n) is 3.15. The van der Waals surface area contributed by atoms with Gasteiger partial charge in [0.25, 0.3) is 0 Å². The predicted octanol–water partition coefficient (Wildman–Crippen LogP) is 2.16. The van der Waals surface area contributed by atoms with Crippen LogP contribution in [-0.2, 0) is 0 Å². The summed E-state index contributed by atoms with van der Waals surface area (Å²) in [5.41, 5.74) is 2.19. The lowest BCUT2D eigenvalue weighted by Crippen LogP contribution is -2.32. The van der Waals surface area contributed by atoms with Crippen molar-refractivity contribution in [2.45, 2.75) is 19.9 Å². The number of pyridine rings is 1. The summed E-state index contributed by atoms with van der Waals surface area (Å²) in [7, 11) is 5.74. The molecular formula is C19H19BN6O. The van der Waals surface area contributed by atoms with Gasteiger partial charge in [-0.25, -0.2) is 9.78 Å². The molecular weight excluding hydrogens is 339 g/mol. The number of carbonyl (C=O) groups is 1. The van der Waals surface area contributed by atoms with Crippen molar-refractivity contribution in [3.05, 3.63) is 48.8 Å². The third-order valence-electron chi connectivity index (χ3n) is 4.58. The fourth-order valence-corrected chi connectivity index (χ4v) is 3.15. The first-order valence-corrected chi connectivity index (χ1v) is 8.86. The number of urea groups is 1. The van der Waals surface area contributed by atoms with Crippen molar-refractivity contribution in [2.75, 3.05) is 22.9 Å². The predicted molar refractivity (Wildman–Crippen MR) is 106 cm³/mol. The summed E-state index contributed by atoms with van der Waals surface area (Å²) >= 11 is 0. The molecule has 7 nitrogen and oxygen atoms in total. The molecule has 1 aliphatic rings. The average Bonchev–Trinajstić information content (AvgIpc) is 3.30. The van der Waals surface area contributed by atoms with Gasteiger partial charge >= 0.3 is 6.03 Å². The first-order valence-electron chi connectivity index (χ1n) is 8.86. The zero-order valence-corrected chi connectivity index (χ0v) is 15.3. The van der Waals surface area contributed by atoms with Crippen LogP contribution in [0.25, 0.3) is 11.5 Å². The minimum atomic E-state index is -0.102. The van der Waals surface area contributed by atoms with E-state index in [1.807, 2.05) is 34.9 Å². The summed E-state index contributed by atoms with van der Waals surface area (Å²) in [6.07, 6.45) is 1.69. The molecule has 1 fully saturated rings. The summed E-state index contributed by atoms with van der Waals surface area (Å²) in [5, 5.41) is 8.18. The van der Waals surface area contributed by atoms with Gasteiger partial charge in [-0.15, -0.1) is 10.2 Å². The average molecular weight is 358 g/mol. The molecule has 0 atom stereocenters. The second-order valence-corrected chi connectivity index (χ2v) is 6.71. The van der Waals surface area contributed by atoms with Crippen LogP contribution in [0.1, 0.15) is 19.9 Å². The molecule has 1 aliphatic heterocycles. The Labute approximate surface area is 159 Å². The van der Waals surface area contributed by atoms with Gasteiger partial charge in [0.05, 0.1) is 0 Å². The third-order valence-corrected chi connectivity index (χ3v) is 4.58. The van der Waals surface area contributed by atoms with Crippen LogP contribution in [0.5, 0.6) is 0 Å². The van der Waals surface area contributed by atoms with Crippen LogP contribution in [0, 0.1) is 0 Å². The lowest BCUT2D eigenvalue weighted by molar-refractivity contribution is 0.255. The maximum absolute atomic E-state index is 12.9. The van der Waals surface area contributed by atoms with Gasteiger partial charge in [-0.05, 0) is 38.1 Å². The van der Waals surface area contributed by atoms with Gasteiger partial charge in [-0.3, -0.25) is 9.80 Å². The van der Waals surface area contributed by atoms with E-state index in [0.717, 1.165) is 5.69 Å². The number of benzene rings is 1. The summed E-state index contributed by atoms with van der Waals surface area (Å²) < 4.78 is 1.96. The molecule has 0 bridgehead atoms. The molecule has 27 heavy (non-hydrogen) atoms. The van der Waals surface area contributed by atoms with Gasteiger partial charge in [0, 0.05) is 24.8 Å². The van der Waals surface area contributed by atoms with Gasteiger partial charge in [-0.1, -0.05) is 23.7 Å². The summed E-state index contributed by atoms with van der Waals surface area (Å²) in [5.74, 6) is 1.29. The van der Waals surface area contributed by atoms with Gasteiger partial charge in [0.1, 0.15) is 25.7 Å². The SMILES string of the molecule is [B]c1ccc(N2CCN(c3cccc(-c4nncn4C(C)C)n3)C2=O)cc1. The van der Waals surface area contributed by atoms with E-state index >= 15 is 0 Å². The van der Waals surface area contributed by atoms with Crippen molar-refractivity contribution in [2.24, 2.45) is 0 Å². The number of hydrogen-bond donors (Lipinski definition) is 0. The Bertz CT molecular complexity index is 968. The van der Waals surface area contributed by atoms with E-state index in [1.165, 1.54) is 0 Å². The Morgan fingerprint density at radius 3 is 2.52 bits per heavy atom. The minimum Gasteiger partial charge on any atom is -0.310 e. The molecule has 0 N–H and O–H groups in total. The zero-order chi connectivity index (χ0) is 19.0. The maximum atomic E-state index is 12.9. The summed E-state index contributed by atoms with van der Waals surface area (Å²) in [4.78, 5) is 21.0. The highest BCUT2D eigenvalue weighted by molar-refractivity contribution is 6.32. The molecule has 8 heteroatoms. The van der Waals surface area contributed by atoms with E-state index < -0.39 is 0 Å².